The van der Waals surface area contributed by atoms with Crippen molar-refractivity contribution in [3.8, 4) is 0 Å². The number of sulfone groups is 1. The maximum Gasteiger partial charge on any atom is 0.147 e. The van der Waals surface area contributed by atoms with Gasteiger partial charge >= 0.3 is 0 Å². The summed E-state index contributed by atoms with van der Waals surface area (Å²) < 4.78 is 21.7. The van der Waals surface area contributed by atoms with Crippen LogP contribution in [-0.4, -0.2) is 38.8 Å². The smallest absolute Gasteiger partial charge is 0.147 e. The SMILES string of the molecule is CC1NCCC1C(=O)CCS(C)(=O)=O. The van der Waals surface area contributed by atoms with E-state index in [9.17, 15) is 13.2 Å². The molecule has 1 aliphatic rings. The van der Waals surface area contributed by atoms with Crippen molar-refractivity contribution in [2.45, 2.75) is 25.8 Å². The van der Waals surface area contributed by atoms with E-state index in [1.54, 1.807) is 0 Å². The largest absolute Gasteiger partial charge is 0.314 e. The Morgan fingerprint density at radius 1 is 1.50 bits per heavy atom. The Morgan fingerprint density at radius 3 is 2.57 bits per heavy atom. The Balaban J connectivity index is 2.42. The molecule has 1 N–H and O–H groups in total. The molecule has 0 aromatic heterocycles. The van der Waals surface area contributed by atoms with E-state index in [1.807, 2.05) is 6.92 Å². The first-order chi connectivity index (χ1) is 6.40. The summed E-state index contributed by atoms with van der Waals surface area (Å²) in [6.45, 7) is 2.83. The second-order valence-corrected chi connectivity index (χ2v) is 6.24. The van der Waals surface area contributed by atoms with E-state index in [2.05, 4.69) is 5.32 Å². The summed E-state index contributed by atoms with van der Waals surface area (Å²) in [6, 6.07) is 0.196. The van der Waals surface area contributed by atoms with E-state index in [0.29, 0.717) is 0 Å². The monoisotopic (exact) mass is 219 g/mol. The molecule has 0 aromatic carbocycles. The molecule has 0 aromatic rings. The summed E-state index contributed by atoms with van der Waals surface area (Å²) in [5.41, 5.74) is 0. The number of rotatable bonds is 4. The molecule has 2 atom stereocenters. The first-order valence-electron chi connectivity index (χ1n) is 4.84. The Labute approximate surface area is 85.0 Å². The molecule has 1 saturated heterocycles. The van der Waals surface area contributed by atoms with Crippen LogP contribution >= 0.6 is 0 Å². The molecular weight excluding hydrogens is 202 g/mol. The minimum atomic E-state index is -3.01. The number of hydrogen-bond donors (Lipinski definition) is 1. The van der Waals surface area contributed by atoms with E-state index in [0.717, 1.165) is 19.2 Å². The van der Waals surface area contributed by atoms with Gasteiger partial charge in [0.1, 0.15) is 15.6 Å². The fourth-order valence-corrected chi connectivity index (χ4v) is 2.34. The van der Waals surface area contributed by atoms with Gasteiger partial charge in [-0.1, -0.05) is 0 Å². The number of ketones is 1. The average molecular weight is 219 g/mol. The van der Waals surface area contributed by atoms with Crippen LogP contribution in [0.1, 0.15) is 19.8 Å². The zero-order chi connectivity index (χ0) is 10.8. The van der Waals surface area contributed by atoms with Crippen LogP contribution in [-0.2, 0) is 14.6 Å². The van der Waals surface area contributed by atoms with Crippen molar-refractivity contribution in [2.75, 3.05) is 18.6 Å². The predicted octanol–water partition coefficient (Wildman–Crippen LogP) is -0.0118. The standard InChI is InChI=1S/C9H17NO3S/c1-7-8(3-5-10-7)9(11)4-6-14(2,12)13/h7-8,10H,3-6H2,1-2H3. The zero-order valence-corrected chi connectivity index (χ0v) is 9.43. The Kier molecular flexibility index (Phi) is 3.66. The van der Waals surface area contributed by atoms with E-state index in [1.165, 1.54) is 0 Å². The Bertz CT molecular complexity index is 310. The normalized spacial score (nSPS) is 27.9. The van der Waals surface area contributed by atoms with Gasteiger partial charge in [0.15, 0.2) is 0 Å². The highest BCUT2D eigenvalue weighted by Gasteiger charge is 2.29. The van der Waals surface area contributed by atoms with Gasteiger partial charge in [-0.2, -0.15) is 0 Å². The molecular formula is C9H17NO3S. The summed E-state index contributed by atoms with van der Waals surface area (Å²) in [7, 11) is -3.01. The van der Waals surface area contributed by atoms with Gasteiger partial charge in [-0.05, 0) is 19.9 Å². The highest BCUT2D eigenvalue weighted by atomic mass is 32.2. The number of carbonyl (C=O) groups is 1. The first kappa shape index (κ1) is 11.7. The van der Waals surface area contributed by atoms with Crippen molar-refractivity contribution >= 4 is 15.6 Å². The summed E-state index contributed by atoms with van der Waals surface area (Å²) in [4.78, 5) is 11.6. The van der Waals surface area contributed by atoms with Crippen LogP contribution in [0.3, 0.4) is 0 Å². The molecule has 1 rings (SSSR count). The number of hydrogen-bond acceptors (Lipinski definition) is 4. The van der Waals surface area contributed by atoms with E-state index in [4.69, 9.17) is 0 Å². The highest BCUT2D eigenvalue weighted by molar-refractivity contribution is 7.90. The third kappa shape index (κ3) is 3.38. The van der Waals surface area contributed by atoms with Gasteiger partial charge in [0, 0.05) is 24.6 Å². The third-order valence-electron chi connectivity index (χ3n) is 2.66. The Hall–Kier alpha value is -0.420. The molecule has 82 valence electrons. The number of carbonyl (C=O) groups excluding carboxylic acids is 1. The van der Waals surface area contributed by atoms with Crippen LogP contribution in [0.2, 0.25) is 0 Å². The third-order valence-corrected chi connectivity index (χ3v) is 3.60. The van der Waals surface area contributed by atoms with Gasteiger partial charge in [-0.25, -0.2) is 8.42 Å². The van der Waals surface area contributed by atoms with Gasteiger partial charge in [0.2, 0.25) is 0 Å². The number of Topliss-reactive ketones (excluding diaryl/α,β-unsaturated/α-hetero) is 1. The van der Waals surface area contributed by atoms with Crippen LogP contribution < -0.4 is 5.32 Å². The van der Waals surface area contributed by atoms with Gasteiger partial charge in [0.25, 0.3) is 0 Å². The molecule has 0 aliphatic carbocycles. The van der Waals surface area contributed by atoms with Crippen LogP contribution in [0, 0.1) is 5.92 Å². The number of nitrogens with one attached hydrogen (secondary N) is 1. The molecule has 4 nitrogen and oxygen atoms in total. The van der Waals surface area contributed by atoms with Gasteiger partial charge in [-0.3, -0.25) is 4.79 Å². The minimum Gasteiger partial charge on any atom is -0.314 e. The predicted molar refractivity (Wildman–Crippen MR) is 54.9 cm³/mol. The molecule has 0 saturated carbocycles. The molecule has 0 amide bonds. The maximum absolute atomic E-state index is 11.6. The molecule has 0 bridgehead atoms. The molecule has 0 spiro atoms. The second kappa shape index (κ2) is 4.40. The molecule has 1 heterocycles. The molecule has 5 heteroatoms. The van der Waals surface area contributed by atoms with Crippen molar-refractivity contribution in [1.29, 1.82) is 0 Å². The zero-order valence-electron chi connectivity index (χ0n) is 8.62. The van der Waals surface area contributed by atoms with E-state index in [-0.39, 0.29) is 29.9 Å². The minimum absolute atomic E-state index is 0.0109. The van der Waals surface area contributed by atoms with Crippen LogP contribution in [0.15, 0.2) is 0 Å². The molecule has 2 unspecified atom stereocenters. The maximum atomic E-state index is 11.6. The lowest BCUT2D eigenvalue weighted by Crippen LogP contribution is -2.29. The lowest BCUT2D eigenvalue weighted by molar-refractivity contribution is -0.122. The van der Waals surface area contributed by atoms with Gasteiger partial charge in [0.05, 0.1) is 5.75 Å². The fourth-order valence-electron chi connectivity index (χ4n) is 1.77. The van der Waals surface area contributed by atoms with Crippen LogP contribution in [0.25, 0.3) is 0 Å². The van der Waals surface area contributed by atoms with Gasteiger partial charge < -0.3 is 5.32 Å². The first-order valence-corrected chi connectivity index (χ1v) is 6.90. The molecule has 1 aliphatic heterocycles. The lowest BCUT2D eigenvalue weighted by Gasteiger charge is -2.12. The quantitative estimate of drug-likeness (QED) is 0.722. The molecule has 0 radical (unpaired) electrons. The summed E-state index contributed by atoms with van der Waals surface area (Å²) in [6.07, 6.45) is 2.16. The summed E-state index contributed by atoms with van der Waals surface area (Å²) >= 11 is 0. The lowest BCUT2D eigenvalue weighted by atomic mass is 9.95. The second-order valence-electron chi connectivity index (χ2n) is 3.98. The topological polar surface area (TPSA) is 63.2 Å². The van der Waals surface area contributed by atoms with Crippen molar-refractivity contribution in [2.24, 2.45) is 5.92 Å². The molecule has 1 fully saturated rings. The van der Waals surface area contributed by atoms with Crippen molar-refractivity contribution in [1.82, 2.24) is 5.32 Å². The summed E-state index contributed by atoms with van der Waals surface area (Å²) in [5.74, 6) is 0.0689. The van der Waals surface area contributed by atoms with Crippen molar-refractivity contribution in [3.05, 3.63) is 0 Å². The molecule has 14 heavy (non-hydrogen) atoms. The van der Waals surface area contributed by atoms with E-state index >= 15 is 0 Å². The van der Waals surface area contributed by atoms with Crippen LogP contribution in [0.4, 0.5) is 0 Å². The highest BCUT2D eigenvalue weighted by Crippen LogP contribution is 2.17. The fraction of sp³-hybridized carbons (Fsp3) is 0.889. The van der Waals surface area contributed by atoms with Crippen molar-refractivity contribution < 1.29 is 13.2 Å². The Morgan fingerprint density at radius 2 is 2.14 bits per heavy atom. The van der Waals surface area contributed by atoms with Crippen LogP contribution in [0.5, 0.6) is 0 Å². The van der Waals surface area contributed by atoms with Crippen molar-refractivity contribution in [3.63, 3.8) is 0 Å². The van der Waals surface area contributed by atoms with Gasteiger partial charge in [-0.15, -0.1) is 0 Å². The average Bonchev–Trinajstić information content (AvgIpc) is 2.46. The van der Waals surface area contributed by atoms with E-state index < -0.39 is 9.84 Å². The summed E-state index contributed by atoms with van der Waals surface area (Å²) in [5, 5.41) is 3.18.